The number of aromatic nitrogens is 4. The van der Waals surface area contributed by atoms with Crippen LogP contribution in [0.4, 0.5) is 14.6 Å². The number of benzene rings is 1. The summed E-state index contributed by atoms with van der Waals surface area (Å²) in [6, 6.07) is 12.1. The molecule has 0 spiro atoms. The third kappa shape index (κ3) is 4.46. The van der Waals surface area contributed by atoms with Crippen LogP contribution in [0.15, 0.2) is 59.0 Å². The van der Waals surface area contributed by atoms with Gasteiger partial charge in [-0.15, -0.1) is 11.3 Å². The van der Waals surface area contributed by atoms with Crippen LogP contribution in [0.5, 0.6) is 0 Å². The Hall–Kier alpha value is -3.37. The molecule has 0 atom stereocenters. The number of hydrogen-bond donors (Lipinski definition) is 2. The van der Waals surface area contributed by atoms with E-state index in [1.165, 1.54) is 4.57 Å². The molecule has 3 aromatic heterocycles. The second kappa shape index (κ2) is 9.01. The first kappa shape index (κ1) is 21.8. The number of anilines is 1. The molecule has 0 radical (unpaired) electrons. The average molecular weight is 457 g/mol. The van der Waals surface area contributed by atoms with E-state index in [-0.39, 0.29) is 30.9 Å². The topological polar surface area (TPSA) is 92.8 Å². The van der Waals surface area contributed by atoms with E-state index in [9.17, 15) is 13.6 Å². The lowest BCUT2D eigenvalue weighted by molar-refractivity contribution is 0.407. The molecule has 0 bridgehead atoms. The highest BCUT2D eigenvalue weighted by atomic mass is 32.1. The van der Waals surface area contributed by atoms with Crippen molar-refractivity contribution in [3.63, 3.8) is 0 Å². The molecule has 0 saturated carbocycles. The molecule has 4 rings (SSSR count). The number of hydrogen-bond acceptors (Lipinski definition) is 6. The first-order valence-corrected chi connectivity index (χ1v) is 10.7. The highest BCUT2D eigenvalue weighted by molar-refractivity contribution is 7.19. The van der Waals surface area contributed by atoms with Crippen molar-refractivity contribution in [1.29, 1.82) is 0 Å². The van der Waals surface area contributed by atoms with Crippen molar-refractivity contribution < 1.29 is 8.78 Å². The Balaban J connectivity index is 1.61. The number of pyridine rings is 1. The number of aromatic amines is 1. The second-order valence-corrected chi connectivity index (χ2v) is 8.71. The summed E-state index contributed by atoms with van der Waals surface area (Å²) in [5.41, 5.74) is 6.77. The summed E-state index contributed by atoms with van der Waals surface area (Å²) in [6.45, 7) is -0.0520. The molecule has 7 nitrogen and oxygen atoms in total. The molecular formula is C22H22F2N6OS. The SMILES string of the molecule is CN(C)c1ccc(-c2ccc3sc(Cn4c(CC(CN)=C(F)F)n[nH]c4=O)cc3c2)cn1. The molecule has 0 aliphatic rings. The molecule has 1 aromatic carbocycles. The zero-order chi connectivity index (χ0) is 22.8. The van der Waals surface area contributed by atoms with Crippen molar-refractivity contribution in [2.24, 2.45) is 5.73 Å². The summed E-state index contributed by atoms with van der Waals surface area (Å²) in [6.07, 6.45) is -0.173. The van der Waals surface area contributed by atoms with E-state index in [0.29, 0.717) is 0 Å². The van der Waals surface area contributed by atoms with Crippen LogP contribution in [0.3, 0.4) is 0 Å². The molecular weight excluding hydrogens is 434 g/mol. The Morgan fingerprint density at radius 2 is 1.97 bits per heavy atom. The van der Waals surface area contributed by atoms with E-state index in [1.54, 1.807) is 11.3 Å². The van der Waals surface area contributed by atoms with Crippen LogP contribution in [0.25, 0.3) is 21.2 Å². The van der Waals surface area contributed by atoms with E-state index < -0.39 is 11.8 Å². The fourth-order valence-corrected chi connectivity index (χ4v) is 4.42. The molecule has 0 aliphatic heterocycles. The summed E-state index contributed by atoms with van der Waals surface area (Å²) in [7, 11) is 3.89. The van der Waals surface area contributed by atoms with Crippen LogP contribution in [0.1, 0.15) is 10.7 Å². The van der Waals surface area contributed by atoms with Crippen LogP contribution in [0, 0.1) is 0 Å². The van der Waals surface area contributed by atoms with E-state index in [4.69, 9.17) is 5.73 Å². The first-order valence-electron chi connectivity index (χ1n) is 9.89. The average Bonchev–Trinajstić information content (AvgIpc) is 3.34. The molecule has 32 heavy (non-hydrogen) atoms. The van der Waals surface area contributed by atoms with Gasteiger partial charge in [0.15, 0.2) is 0 Å². The maximum absolute atomic E-state index is 13.0. The molecule has 0 aliphatic carbocycles. The molecule has 0 unspecified atom stereocenters. The molecule has 0 amide bonds. The standard InChI is InChI=1S/C22H22F2N6OS/c1-29(2)19-6-4-14(11-26-19)13-3-5-18-15(7-13)8-17(32-18)12-30-20(27-28-22(30)31)9-16(10-25)21(23)24/h3-8,11H,9-10,12,25H2,1-2H3,(H,28,31). The van der Waals surface area contributed by atoms with Crippen LogP contribution >= 0.6 is 11.3 Å². The Kier molecular flexibility index (Phi) is 6.15. The van der Waals surface area contributed by atoms with Gasteiger partial charge in [-0.05, 0) is 41.3 Å². The van der Waals surface area contributed by atoms with Gasteiger partial charge in [-0.2, -0.15) is 13.9 Å². The number of fused-ring (bicyclic) bond motifs is 1. The van der Waals surface area contributed by atoms with Crippen molar-refractivity contribution in [2.75, 3.05) is 25.5 Å². The lowest BCUT2D eigenvalue weighted by Crippen LogP contribution is -2.20. The van der Waals surface area contributed by atoms with E-state index in [0.717, 1.165) is 31.9 Å². The maximum Gasteiger partial charge on any atom is 0.343 e. The van der Waals surface area contributed by atoms with Gasteiger partial charge in [-0.25, -0.2) is 14.9 Å². The highest BCUT2D eigenvalue weighted by Gasteiger charge is 2.15. The quantitative estimate of drug-likeness (QED) is 0.443. The zero-order valence-electron chi connectivity index (χ0n) is 17.6. The minimum atomic E-state index is -1.84. The van der Waals surface area contributed by atoms with Crippen LogP contribution in [-0.2, 0) is 13.0 Å². The number of halogens is 2. The van der Waals surface area contributed by atoms with E-state index in [2.05, 4.69) is 21.2 Å². The Labute approximate surface area is 186 Å². The smallest absolute Gasteiger partial charge is 0.343 e. The van der Waals surface area contributed by atoms with Crippen molar-refractivity contribution in [1.82, 2.24) is 19.7 Å². The summed E-state index contributed by atoms with van der Waals surface area (Å²) in [4.78, 5) is 19.5. The Morgan fingerprint density at radius 1 is 1.19 bits per heavy atom. The lowest BCUT2D eigenvalue weighted by atomic mass is 10.1. The fraction of sp³-hybridized carbons (Fsp3) is 0.227. The number of rotatable bonds is 7. The summed E-state index contributed by atoms with van der Waals surface area (Å²) in [5.74, 6) is 1.11. The maximum atomic E-state index is 13.0. The molecule has 4 aromatic rings. The van der Waals surface area contributed by atoms with Gasteiger partial charge < -0.3 is 10.6 Å². The molecule has 10 heteroatoms. The molecule has 0 fully saturated rings. The largest absolute Gasteiger partial charge is 0.363 e. The first-order chi connectivity index (χ1) is 15.4. The third-order valence-corrected chi connectivity index (χ3v) is 6.24. The number of thiophene rings is 1. The molecule has 3 N–H and O–H groups in total. The van der Waals surface area contributed by atoms with Gasteiger partial charge >= 0.3 is 5.69 Å². The van der Waals surface area contributed by atoms with Gasteiger partial charge in [0.2, 0.25) is 0 Å². The highest BCUT2D eigenvalue weighted by Crippen LogP contribution is 2.31. The van der Waals surface area contributed by atoms with Gasteiger partial charge in [0, 0.05) is 54.0 Å². The molecule has 3 heterocycles. The van der Waals surface area contributed by atoms with Gasteiger partial charge in [-0.3, -0.25) is 4.57 Å². The third-order valence-electron chi connectivity index (χ3n) is 5.14. The second-order valence-electron chi connectivity index (χ2n) is 7.54. The predicted octanol–water partition coefficient (Wildman–Crippen LogP) is 3.61. The predicted molar refractivity (Wildman–Crippen MR) is 123 cm³/mol. The van der Waals surface area contributed by atoms with Crippen molar-refractivity contribution in [3.05, 3.63) is 75.4 Å². The van der Waals surface area contributed by atoms with Crippen molar-refractivity contribution >= 4 is 27.2 Å². The molecule has 0 saturated heterocycles. The minimum Gasteiger partial charge on any atom is -0.363 e. The monoisotopic (exact) mass is 456 g/mol. The normalized spacial score (nSPS) is 11.2. The zero-order valence-corrected chi connectivity index (χ0v) is 18.4. The van der Waals surface area contributed by atoms with Crippen LogP contribution < -0.4 is 16.3 Å². The van der Waals surface area contributed by atoms with Crippen LogP contribution in [-0.4, -0.2) is 40.4 Å². The number of nitrogens with two attached hydrogens (primary N) is 1. The fourth-order valence-electron chi connectivity index (χ4n) is 3.39. The Bertz CT molecular complexity index is 1330. The van der Waals surface area contributed by atoms with E-state index in [1.807, 2.05) is 55.5 Å². The van der Waals surface area contributed by atoms with Crippen molar-refractivity contribution in [2.45, 2.75) is 13.0 Å². The van der Waals surface area contributed by atoms with Gasteiger partial charge in [0.25, 0.3) is 6.08 Å². The summed E-state index contributed by atoms with van der Waals surface area (Å²) < 4.78 is 28.4. The summed E-state index contributed by atoms with van der Waals surface area (Å²) >= 11 is 1.55. The van der Waals surface area contributed by atoms with E-state index >= 15 is 0 Å². The van der Waals surface area contributed by atoms with Crippen molar-refractivity contribution in [3.8, 4) is 11.1 Å². The van der Waals surface area contributed by atoms with Gasteiger partial charge in [-0.1, -0.05) is 6.07 Å². The Morgan fingerprint density at radius 3 is 2.62 bits per heavy atom. The number of nitrogens with one attached hydrogen (secondary N) is 1. The molecule has 166 valence electrons. The number of H-pyrrole nitrogens is 1. The lowest BCUT2D eigenvalue weighted by Gasteiger charge is -2.11. The van der Waals surface area contributed by atoms with Gasteiger partial charge in [0.1, 0.15) is 11.6 Å². The van der Waals surface area contributed by atoms with Gasteiger partial charge in [0.05, 0.1) is 6.54 Å². The van der Waals surface area contributed by atoms with Crippen LogP contribution in [0.2, 0.25) is 0 Å². The minimum absolute atomic E-state index is 0.178. The number of nitrogens with zero attached hydrogens (tertiary/aromatic N) is 4. The summed E-state index contributed by atoms with van der Waals surface area (Å²) in [5, 5.41) is 7.29.